The van der Waals surface area contributed by atoms with E-state index in [9.17, 15) is 0 Å². The van der Waals surface area contributed by atoms with Gasteiger partial charge in [0.25, 0.3) is 0 Å². The molecule has 1 aliphatic rings. The van der Waals surface area contributed by atoms with E-state index in [2.05, 4.69) is 254 Å². The molecule has 2 heterocycles. The molecule has 0 unspecified atom stereocenters. The maximum atomic E-state index is 2.52. The monoisotopic (exact) mass is 876 g/mol. The summed E-state index contributed by atoms with van der Waals surface area (Å²) < 4.78 is 4.94. The number of fused-ring (bicyclic) bond motifs is 14. The van der Waals surface area contributed by atoms with Crippen LogP contribution in [0, 0.1) is 0 Å². The van der Waals surface area contributed by atoms with E-state index >= 15 is 0 Å². The van der Waals surface area contributed by atoms with E-state index in [1.807, 2.05) is 0 Å². The first-order valence-electron chi connectivity index (χ1n) is 24.2. The van der Waals surface area contributed by atoms with E-state index in [4.69, 9.17) is 0 Å². The molecule has 15 rings (SSSR count). The van der Waals surface area contributed by atoms with Crippen molar-refractivity contribution in [3.8, 4) is 44.8 Å². The Bertz CT molecular complexity index is 4410. The highest BCUT2D eigenvalue weighted by atomic mass is 15.0. The van der Waals surface area contributed by atoms with Crippen LogP contribution in [0.3, 0.4) is 0 Å². The highest BCUT2D eigenvalue weighted by Gasteiger charge is 2.35. The van der Waals surface area contributed by atoms with Crippen LogP contribution in [0.1, 0.15) is 25.0 Å². The quantitative estimate of drug-likeness (QED) is 0.123. The van der Waals surface area contributed by atoms with Crippen molar-refractivity contribution in [2.24, 2.45) is 0 Å². The van der Waals surface area contributed by atoms with Gasteiger partial charge in [-0.25, -0.2) is 0 Å². The molecule has 2 nitrogen and oxygen atoms in total. The lowest BCUT2D eigenvalue weighted by Crippen LogP contribution is -2.14. The standard InChI is InChI=1S/C67H44N2/c1-67(2)59-26-12-7-21-48(59)49-34-31-42(38-60(49)67)65-54-35-32-44(69-63-29-15-10-24-52(63)53-25-11-16-30-64(53)69)40-58(54)66(56-37-41-17-3-4-18-45(41)46-19-5-6-20-47(46)56)55-36-33-43(39-57(55)65)68-61-27-13-8-22-50(61)51-23-9-14-28-62(51)68/h3-40H,1-2H3. The van der Waals surface area contributed by atoms with Crippen LogP contribution in [0.4, 0.5) is 0 Å². The second-order valence-corrected chi connectivity index (χ2v) is 19.6. The lowest BCUT2D eigenvalue weighted by atomic mass is 9.80. The van der Waals surface area contributed by atoms with Gasteiger partial charge in [-0.2, -0.15) is 0 Å². The zero-order chi connectivity index (χ0) is 45.5. The van der Waals surface area contributed by atoms with Crippen LogP contribution in [0.15, 0.2) is 231 Å². The fraction of sp³-hybridized carbons (Fsp3) is 0.0448. The second-order valence-electron chi connectivity index (χ2n) is 19.6. The zero-order valence-corrected chi connectivity index (χ0v) is 38.3. The molecule has 0 N–H and O–H groups in total. The molecule has 2 heteroatoms. The topological polar surface area (TPSA) is 9.86 Å². The van der Waals surface area contributed by atoms with Gasteiger partial charge in [0.15, 0.2) is 0 Å². The molecular formula is C67H44N2. The molecule has 14 aromatic rings. The fourth-order valence-corrected chi connectivity index (χ4v) is 12.6. The number of hydrogen-bond acceptors (Lipinski definition) is 0. The third kappa shape index (κ3) is 5.32. The Morgan fingerprint density at radius 1 is 0.275 bits per heavy atom. The van der Waals surface area contributed by atoms with E-state index in [1.165, 1.54) is 131 Å². The molecule has 0 aliphatic heterocycles. The highest BCUT2D eigenvalue weighted by molar-refractivity contribution is 6.26. The minimum Gasteiger partial charge on any atom is -0.309 e. The summed E-state index contributed by atoms with van der Waals surface area (Å²) in [6.45, 7) is 4.79. The van der Waals surface area contributed by atoms with Crippen molar-refractivity contribution in [3.05, 3.63) is 242 Å². The smallest absolute Gasteiger partial charge is 0.0541 e. The Hall–Kier alpha value is -8.72. The Labute approximate surface area is 399 Å². The highest BCUT2D eigenvalue weighted by Crippen LogP contribution is 2.53. The Morgan fingerprint density at radius 3 is 1.32 bits per heavy atom. The van der Waals surface area contributed by atoms with Gasteiger partial charge in [0, 0.05) is 38.3 Å². The molecule has 0 amide bonds. The molecule has 0 spiro atoms. The normalized spacial score (nSPS) is 13.2. The summed E-state index contributed by atoms with van der Waals surface area (Å²) in [5.74, 6) is 0. The molecule has 0 fully saturated rings. The molecule has 0 saturated heterocycles. The van der Waals surface area contributed by atoms with Gasteiger partial charge in [-0.15, -0.1) is 0 Å². The van der Waals surface area contributed by atoms with Crippen LogP contribution in [0.25, 0.3) is 131 Å². The summed E-state index contributed by atoms with van der Waals surface area (Å²) in [6.07, 6.45) is 0. The summed E-state index contributed by atoms with van der Waals surface area (Å²) in [4.78, 5) is 0. The van der Waals surface area contributed by atoms with Crippen molar-refractivity contribution in [1.29, 1.82) is 0 Å². The molecular weight excluding hydrogens is 833 g/mol. The van der Waals surface area contributed by atoms with Gasteiger partial charge in [0.1, 0.15) is 0 Å². The minimum absolute atomic E-state index is 0.157. The summed E-state index contributed by atoms with van der Waals surface area (Å²) in [5.41, 5.74) is 17.3. The van der Waals surface area contributed by atoms with Crippen molar-refractivity contribution >= 4 is 86.7 Å². The molecule has 0 atom stereocenters. The van der Waals surface area contributed by atoms with E-state index < -0.39 is 0 Å². The lowest BCUT2D eigenvalue weighted by molar-refractivity contribution is 0.660. The molecule has 69 heavy (non-hydrogen) atoms. The van der Waals surface area contributed by atoms with E-state index in [0.717, 1.165) is 11.4 Å². The average Bonchev–Trinajstić information content (AvgIpc) is 4.00. The molecule has 322 valence electrons. The molecule has 0 radical (unpaired) electrons. The predicted molar refractivity (Wildman–Crippen MR) is 294 cm³/mol. The van der Waals surface area contributed by atoms with Crippen LogP contribution < -0.4 is 0 Å². The molecule has 0 bridgehead atoms. The SMILES string of the molecule is CC1(C)c2ccccc2-c2ccc(-c3c4cc(-n5c6ccccc6c6ccccc65)ccc4c(-c4cc5ccccc5c5ccccc45)c4cc(-n5c6ccccc6c6ccccc65)ccc34)cc21. The predicted octanol–water partition coefficient (Wildman–Crippen LogP) is 18.1. The van der Waals surface area contributed by atoms with Gasteiger partial charge >= 0.3 is 0 Å². The summed E-state index contributed by atoms with van der Waals surface area (Å²) >= 11 is 0. The van der Waals surface area contributed by atoms with Crippen LogP contribution in [0.5, 0.6) is 0 Å². The van der Waals surface area contributed by atoms with Gasteiger partial charge in [0.2, 0.25) is 0 Å². The number of aromatic nitrogens is 2. The second kappa shape index (κ2) is 14.2. The van der Waals surface area contributed by atoms with E-state index in [-0.39, 0.29) is 5.41 Å². The van der Waals surface area contributed by atoms with Gasteiger partial charge in [-0.1, -0.05) is 184 Å². The number of hydrogen-bond donors (Lipinski definition) is 0. The fourth-order valence-electron chi connectivity index (χ4n) is 12.6. The van der Waals surface area contributed by atoms with E-state index in [1.54, 1.807) is 0 Å². The van der Waals surface area contributed by atoms with Crippen LogP contribution in [0.2, 0.25) is 0 Å². The number of para-hydroxylation sites is 4. The largest absolute Gasteiger partial charge is 0.309 e. The first kappa shape index (κ1) is 38.4. The number of rotatable bonds is 4. The molecule has 1 aliphatic carbocycles. The lowest BCUT2D eigenvalue weighted by Gasteiger charge is -2.24. The van der Waals surface area contributed by atoms with E-state index in [0.29, 0.717) is 0 Å². The first-order valence-corrected chi connectivity index (χ1v) is 24.2. The van der Waals surface area contributed by atoms with Crippen molar-refractivity contribution in [2.75, 3.05) is 0 Å². The summed E-state index contributed by atoms with van der Waals surface area (Å²) in [7, 11) is 0. The maximum absolute atomic E-state index is 2.52. The third-order valence-corrected chi connectivity index (χ3v) is 15.7. The average molecular weight is 877 g/mol. The molecule has 12 aromatic carbocycles. The van der Waals surface area contributed by atoms with Gasteiger partial charge in [-0.05, 0) is 148 Å². The minimum atomic E-state index is -0.157. The number of nitrogens with zero attached hydrogens (tertiary/aromatic N) is 2. The van der Waals surface area contributed by atoms with Crippen molar-refractivity contribution in [3.63, 3.8) is 0 Å². The maximum Gasteiger partial charge on any atom is 0.0541 e. The van der Waals surface area contributed by atoms with Gasteiger partial charge in [0.05, 0.1) is 22.1 Å². The van der Waals surface area contributed by atoms with Crippen molar-refractivity contribution < 1.29 is 0 Å². The molecule has 0 saturated carbocycles. The van der Waals surface area contributed by atoms with Crippen molar-refractivity contribution in [1.82, 2.24) is 9.13 Å². The zero-order valence-electron chi connectivity index (χ0n) is 38.3. The third-order valence-electron chi connectivity index (χ3n) is 15.7. The van der Waals surface area contributed by atoms with Crippen molar-refractivity contribution in [2.45, 2.75) is 19.3 Å². The summed E-state index contributed by atoms with van der Waals surface area (Å²) in [6, 6.07) is 86.6. The van der Waals surface area contributed by atoms with Gasteiger partial charge in [-0.3, -0.25) is 0 Å². The van der Waals surface area contributed by atoms with Crippen LogP contribution in [-0.4, -0.2) is 9.13 Å². The van der Waals surface area contributed by atoms with Gasteiger partial charge < -0.3 is 9.13 Å². The Kier molecular flexibility index (Phi) is 7.87. The molecule has 2 aromatic heterocycles. The Balaban J connectivity index is 1.13. The Morgan fingerprint density at radius 2 is 0.725 bits per heavy atom. The first-order chi connectivity index (χ1) is 34.0. The van der Waals surface area contributed by atoms with Crippen LogP contribution >= 0.6 is 0 Å². The van der Waals surface area contributed by atoms with Crippen LogP contribution in [-0.2, 0) is 5.41 Å². The summed E-state index contributed by atoms with van der Waals surface area (Å²) in [5, 5.41) is 14.9. The number of benzene rings is 12.